The minimum atomic E-state index is -0.507. The summed E-state index contributed by atoms with van der Waals surface area (Å²) in [6.45, 7) is 1.98. The molecule has 1 aliphatic carbocycles. The van der Waals surface area contributed by atoms with E-state index in [0.717, 1.165) is 0 Å². The van der Waals surface area contributed by atoms with Crippen molar-refractivity contribution < 1.29 is 14.3 Å². The first-order chi connectivity index (χ1) is 5.46. The van der Waals surface area contributed by atoms with Gasteiger partial charge in [-0.15, -0.1) is 0 Å². The van der Waals surface area contributed by atoms with E-state index in [2.05, 4.69) is 20.7 Å². The Balaban J connectivity index is 2.55. The summed E-state index contributed by atoms with van der Waals surface area (Å²) in [4.78, 5) is 11.2. The molecular weight excluding hydrogens is 224 g/mol. The second-order valence-electron chi connectivity index (χ2n) is 3.46. The molecule has 12 heavy (non-hydrogen) atoms. The molecule has 70 valence electrons. The summed E-state index contributed by atoms with van der Waals surface area (Å²) < 4.78 is 9.37. The van der Waals surface area contributed by atoms with Gasteiger partial charge in [0.15, 0.2) is 0 Å². The summed E-state index contributed by atoms with van der Waals surface area (Å²) >= 11 is 3.36. The Morgan fingerprint density at radius 1 is 1.42 bits per heavy atom. The Hall–Kier alpha value is -0.0900. The van der Waals surface area contributed by atoms with Crippen molar-refractivity contribution >= 4 is 21.9 Å². The number of carbonyl (C=O) groups is 1. The number of esters is 1. The van der Waals surface area contributed by atoms with E-state index in [1.807, 2.05) is 6.92 Å². The predicted molar refractivity (Wildman–Crippen MR) is 48.3 cm³/mol. The lowest BCUT2D eigenvalue weighted by atomic mass is 9.72. The van der Waals surface area contributed by atoms with Crippen molar-refractivity contribution in [1.82, 2.24) is 0 Å². The fraction of sp³-hybridized carbons (Fsp3) is 0.875. The first-order valence-electron chi connectivity index (χ1n) is 3.78. The fourth-order valence-electron chi connectivity index (χ4n) is 1.61. The third-order valence-corrected chi connectivity index (χ3v) is 3.24. The maximum Gasteiger partial charge on any atom is 0.322 e. The monoisotopic (exact) mass is 236 g/mol. The highest BCUT2D eigenvalue weighted by Gasteiger charge is 2.56. The first kappa shape index (κ1) is 9.99. The topological polar surface area (TPSA) is 35.5 Å². The molecule has 0 aromatic heterocycles. The minimum Gasteiger partial charge on any atom is -0.468 e. The predicted octanol–water partition coefficient (Wildman–Crippen LogP) is 1.49. The standard InChI is InChI=1S/C8H13BrO3/c1-7(12-3)4-8(9,5-7)6(10)11-2/h4-5H2,1-3H3. The van der Waals surface area contributed by atoms with Crippen molar-refractivity contribution in [2.75, 3.05) is 14.2 Å². The maximum absolute atomic E-state index is 11.2. The van der Waals surface area contributed by atoms with Crippen LogP contribution in [-0.2, 0) is 14.3 Å². The number of methoxy groups -OCH3 is 2. The highest BCUT2D eigenvalue weighted by atomic mass is 79.9. The lowest BCUT2D eigenvalue weighted by Gasteiger charge is -2.48. The molecule has 0 aromatic carbocycles. The molecule has 0 aromatic rings. The van der Waals surface area contributed by atoms with Crippen molar-refractivity contribution in [2.45, 2.75) is 29.7 Å². The smallest absolute Gasteiger partial charge is 0.322 e. The molecule has 0 saturated heterocycles. The zero-order valence-corrected chi connectivity index (χ0v) is 9.10. The molecule has 1 fully saturated rings. The minimum absolute atomic E-state index is 0.169. The van der Waals surface area contributed by atoms with Gasteiger partial charge >= 0.3 is 5.97 Å². The van der Waals surface area contributed by atoms with Crippen LogP contribution in [0.1, 0.15) is 19.8 Å². The summed E-state index contributed by atoms with van der Waals surface area (Å²) in [6.07, 6.45) is 1.34. The number of rotatable bonds is 2. The lowest BCUT2D eigenvalue weighted by molar-refractivity contribution is -0.157. The molecule has 4 heteroatoms. The van der Waals surface area contributed by atoms with Crippen LogP contribution < -0.4 is 0 Å². The Kier molecular flexibility index (Phi) is 2.50. The van der Waals surface area contributed by atoms with Crippen LogP contribution in [0.25, 0.3) is 0 Å². The molecule has 0 N–H and O–H groups in total. The van der Waals surface area contributed by atoms with Gasteiger partial charge in [0.25, 0.3) is 0 Å². The van der Waals surface area contributed by atoms with Crippen LogP contribution in [0.3, 0.4) is 0 Å². The summed E-state index contributed by atoms with van der Waals surface area (Å²) in [5.41, 5.74) is -0.169. The Bertz CT molecular complexity index is 196. The van der Waals surface area contributed by atoms with Gasteiger partial charge in [0.2, 0.25) is 0 Å². The number of halogens is 1. The van der Waals surface area contributed by atoms with Crippen LogP contribution in [0.2, 0.25) is 0 Å². The third kappa shape index (κ3) is 1.50. The van der Waals surface area contributed by atoms with E-state index >= 15 is 0 Å². The van der Waals surface area contributed by atoms with Crippen LogP contribution in [0, 0.1) is 0 Å². The second-order valence-corrected chi connectivity index (χ2v) is 4.98. The first-order valence-corrected chi connectivity index (χ1v) is 4.58. The van der Waals surface area contributed by atoms with E-state index in [4.69, 9.17) is 4.74 Å². The molecule has 1 aliphatic rings. The zero-order chi connectivity index (χ0) is 9.41. The van der Waals surface area contributed by atoms with Crippen LogP contribution in [0.4, 0.5) is 0 Å². The molecule has 0 amide bonds. The van der Waals surface area contributed by atoms with Gasteiger partial charge in [0.1, 0.15) is 4.32 Å². The van der Waals surface area contributed by atoms with Crippen molar-refractivity contribution in [2.24, 2.45) is 0 Å². The van der Waals surface area contributed by atoms with Crippen LogP contribution in [0.5, 0.6) is 0 Å². The third-order valence-electron chi connectivity index (χ3n) is 2.35. The van der Waals surface area contributed by atoms with Crippen LogP contribution in [-0.4, -0.2) is 30.1 Å². The Labute approximate surface area is 80.5 Å². The number of ether oxygens (including phenoxy) is 2. The summed E-state index contributed by atoms with van der Waals surface area (Å²) in [5.74, 6) is -0.211. The molecule has 1 saturated carbocycles. The highest BCUT2D eigenvalue weighted by Crippen LogP contribution is 2.49. The van der Waals surface area contributed by atoms with E-state index in [1.54, 1.807) is 7.11 Å². The lowest BCUT2D eigenvalue weighted by Crippen LogP contribution is -2.56. The molecule has 1 rings (SSSR count). The maximum atomic E-state index is 11.2. The van der Waals surface area contributed by atoms with Crippen molar-refractivity contribution in [3.63, 3.8) is 0 Å². The molecule has 0 heterocycles. The summed E-state index contributed by atoms with van der Waals surface area (Å²) in [6, 6.07) is 0. The van der Waals surface area contributed by atoms with Crippen LogP contribution in [0.15, 0.2) is 0 Å². The van der Waals surface area contributed by atoms with E-state index in [1.165, 1.54) is 7.11 Å². The van der Waals surface area contributed by atoms with E-state index in [-0.39, 0.29) is 11.6 Å². The SMILES string of the molecule is COC(=O)C1(Br)CC(C)(OC)C1. The van der Waals surface area contributed by atoms with Gasteiger partial charge in [-0.25, -0.2) is 0 Å². The van der Waals surface area contributed by atoms with Gasteiger partial charge < -0.3 is 9.47 Å². The zero-order valence-electron chi connectivity index (χ0n) is 7.52. The molecule has 0 spiro atoms. The normalized spacial score (nSPS) is 40.3. The van der Waals surface area contributed by atoms with Gasteiger partial charge in [-0.3, -0.25) is 4.79 Å². The molecule has 0 aliphatic heterocycles. The fourth-order valence-corrected chi connectivity index (χ4v) is 2.95. The summed E-state index contributed by atoms with van der Waals surface area (Å²) in [7, 11) is 3.05. The Morgan fingerprint density at radius 2 is 1.92 bits per heavy atom. The Morgan fingerprint density at radius 3 is 2.25 bits per heavy atom. The van der Waals surface area contributed by atoms with Gasteiger partial charge in [-0.2, -0.15) is 0 Å². The average molecular weight is 237 g/mol. The van der Waals surface area contributed by atoms with Gasteiger partial charge in [0, 0.05) is 20.0 Å². The molecule has 0 unspecified atom stereocenters. The van der Waals surface area contributed by atoms with E-state index < -0.39 is 4.32 Å². The molecule has 0 bridgehead atoms. The largest absolute Gasteiger partial charge is 0.468 e. The van der Waals surface area contributed by atoms with Crippen molar-refractivity contribution in [1.29, 1.82) is 0 Å². The number of alkyl halides is 1. The van der Waals surface area contributed by atoms with Gasteiger partial charge in [-0.05, 0) is 6.92 Å². The van der Waals surface area contributed by atoms with Gasteiger partial charge in [0.05, 0.1) is 12.7 Å². The van der Waals surface area contributed by atoms with Crippen molar-refractivity contribution in [3.05, 3.63) is 0 Å². The molecular formula is C8H13BrO3. The second kappa shape index (κ2) is 3.00. The number of hydrogen-bond acceptors (Lipinski definition) is 3. The molecule has 0 radical (unpaired) electrons. The quantitative estimate of drug-likeness (QED) is 0.539. The number of hydrogen-bond donors (Lipinski definition) is 0. The highest BCUT2D eigenvalue weighted by molar-refractivity contribution is 9.10. The molecule has 0 atom stereocenters. The molecule has 3 nitrogen and oxygen atoms in total. The summed E-state index contributed by atoms with van der Waals surface area (Å²) in [5, 5.41) is 0. The van der Waals surface area contributed by atoms with E-state index in [9.17, 15) is 4.79 Å². The average Bonchev–Trinajstić information content (AvgIpc) is 2.00. The number of carbonyl (C=O) groups excluding carboxylic acids is 1. The van der Waals surface area contributed by atoms with Crippen LogP contribution >= 0.6 is 15.9 Å². The van der Waals surface area contributed by atoms with E-state index in [0.29, 0.717) is 12.8 Å². The van der Waals surface area contributed by atoms with Crippen molar-refractivity contribution in [3.8, 4) is 0 Å². The van der Waals surface area contributed by atoms with Gasteiger partial charge in [-0.1, -0.05) is 15.9 Å².